The fourth-order valence-corrected chi connectivity index (χ4v) is 2.41. The first-order valence-corrected chi connectivity index (χ1v) is 8.04. The topological polar surface area (TPSA) is 71.8 Å². The molecular formula is C14H19N5OS. The molecule has 0 saturated heterocycles. The third-order valence-corrected chi connectivity index (χ3v) is 3.73. The summed E-state index contributed by atoms with van der Waals surface area (Å²) in [4.78, 5) is 11.8. The van der Waals surface area contributed by atoms with Gasteiger partial charge in [0.15, 0.2) is 0 Å². The second-order valence-corrected chi connectivity index (χ2v) is 5.72. The Balaban J connectivity index is 1.82. The Labute approximate surface area is 128 Å². The number of carbonyl (C=O) groups is 1. The molecule has 0 bridgehead atoms. The highest BCUT2D eigenvalue weighted by atomic mass is 32.2. The van der Waals surface area contributed by atoms with Gasteiger partial charge in [-0.1, -0.05) is 18.2 Å². The lowest BCUT2D eigenvalue weighted by atomic mass is 10.3. The molecule has 21 heavy (non-hydrogen) atoms. The van der Waals surface area contributed by atoms with Crippen molar-refractivity contribution in [2.75, 3.05) is 23.4 Å². The molecule has 1 aromatic carbocycles. The zero-order valence-electron chi connectivity index (χ0n) is 12.0. The summed E-state index contributed by atoms with van der Waals surface area (Å²) in [7, 11) is 0. The van der Waals surface area contributed by atoms with E-state index in [4.69, 9.17) is 0 Å². The Morgan fingerprint density at radius 2 is 2.33 bits per heavy atom. The van der Waals surface area contributed by atoms with Crippen molar-refractivity contribution >= 4 is 23.5 Å². The Kier molecular flexibility index (Phi) is 6.08. The van der Waals surface area contributed by atoms with Crippen molar-refractivity contribution in [3.8, 4) is 5.69 Å². The van der Waals surface area contributed by atoms with Crippen LogP contribution in [0.4, 0.5) is 10.5 Å². The fourth-order valence-electron chi connectivity index (χ4n) is 1.77. The summed E-state index contributed by atoms with van der Waals surface area (Å²) in [6.07, 6.45) is 4.34. The van der Waals surface area contributed by atoms with Crippen molar-refractivity contribution in [1.82, 2.24) is 20.3 Å². The van der Waals surface area contributed by atoms with Gasteiger partial charge in [0.05, 0.1) is 18.1 Å². The maximum atomic E-state index is 11.8. The lowest BCUT2D eigenvalue weighted by molar-refractivity contribution is 0.252. The first-order valence-electron chi connectivity index (χ1n) is 6.89. The largest absolute Gasteiger partial charge is 0.338 e. The van der Waals surface area contributed by atoms with E-state index in [0.717, 1.165) is 29.3 Å². The van der Waals surface area contributed by atoms with Gasteiger partial charge in [0.2, 0.25) is 0 Å². The van der Waals surface area contributed by atoms with Crippen LogP contribution in [-0.4, -0.2) is 39.1 Å². The van der Waals surface area contributed by atoms with Gasteiger partial charge in [-0.25, -0.2) is 9.48 Å². The van der Waals surface area contributed by atoms with E-state index in [1.807, 2.05) is 36.0 Å². The van der Waals surface area contributed by atoms with Crippen LogP contribution in [-0.2, 0) is 0 Å². The third-order valence-electron chi connectivity index (χ3n) is 2.75. The maximum Gasteiger partial charge on any atom is 0.319 e. The van der Waals surface area contributed by atoms with Gasteiger partial charge < -0.3 is 10.6 Å². The average Bonchev–Trinajstić information content (AvgIpc) is 3.01. The van der Waals surface area contributed by atoms with Crippen LogP contribution in [0.1, 0.15) is 13.3 Å². The first kappa shape index (κ1) is 15.4. The van der Waals surface area contributed by atoms with Crippen molar-refractivity contribution in [2.24, 2.45) is 0 Å². The SMILES string of the molecule is CCSCCCNC(=O)Nc1cccc(-n2ccnn2)c1. The number of nitrogens with zero attached hydrogens (tertiary/aromatic N) is 3. The number of carbonyl (C=O) groups excluding carboxylic acids is 1. The molecule has 0 unspecified atom stereocenters. The molecule has 0 spiro atoms. The van der Waals surface area contributed by atoms with Crippen LogP contribution < -0.4 is 10.6 Å². The average molecular weight is 305 g/mol. The van der Waals surface area contributed by atoms with E-state index in [0.29, 0.717) is 6.54 Å². The summed E-state index contributed by atoms with van der Waals surface area (Å²) < 4.78 is 1.64. The molecule has 1 heterocycles. The molecule has 0 radical (unpaired) electrons. The zero-order chi connectivity index (χ0) is 14.9. The fraction of sp³-hybridized carbons (Fsp3) is 0.357. The van der Waals surface area contributed by atoms with Gasteiger partial charge in [-0.05, 0) is 36.1 Å². The zero-order valence-corrected chi connectivity index (χ0v) is 12.8. The number of aromatic nitrogens is 3. The molecule has 112 valence electrons. The van der Waals surface area contributed by atoms with Gasteiger partial charge in [0.25, 0.3) is 0 Å². The van der Waals surface area contributed by atoms with Gasteiger partial charge in [-0.3, -0.25) is 0 Å². The number of urea groups is 1. The molecule has 2 rings (SSSR count). The summed E-state index contributed by atoms with van der Waals surface area (Å²) in [6.45, 7) is 2.81. The van der Waals surface area contributed by atoms with Crippen LogP contribution in [0.25, 0.3) is 5.69 Å². The summed E-state index contributed by atoms with van der Waals surface area (Å²) in [5, 5.41) is 13.3. The van der Waals surface area contributed by atoms with Crippen LogP contribution >= 0.6 is 11.8 Å². The summed E-state index contributed by atoms with van der Waals surface area (Å²) in [5.74, 6) is 2.18. The molecule has 0 aliphatic carbocycles. The summed E-state index contributed by atoms with van der Waals surface area (Å²) >= 11 is 1.88. The van der Waals surface area contributed by atoms with Gasteiger partial charge in [-0.2, -0.15) is 11.8 Å². The van der Waals surface area contributed by atoms with Crippen LogP contribution in [0, 0.1) is 0 Å². The quantitative estimate of drug-likeness (QED) is 0.771. The molecule has 6 nitrogen and oxygen atoms in total. The highest BCUT2D eigenvalue weighted by Crippen LogP contribution is 2.13. The minimum Gasteiger partial charge on any atom is -0.338 e. The standard InChI is InChI=1S/C14H19N5OS/c1-2-21-10-4-7-15-14(20)17-12-5-3-6-13(11-12)19-9-8-16-18-19/h3,5-6,8-9,11H,2,4,7,10H2,1H3,(H2,15,17,20). The molecule has 0 atom stereocenters. The molecule has 0 aliphatic rings. The van der Waals surface area contributed by atoms with E-state index in [9.17, 15) is 4.79 Å². The normalized spacial score (nSPS) is 10.3. The van der Waals surface area contributed by atoms with E-state index in [1.165, 1.54) is 0 Å². The number of thioether (sulfide) groups is 1. The second kappa shape index (κ2) is 8.31. The minimum atomic E-state index is -0.188. The van der Waals surface area contributed by atoms with Crippen LogP contribution in [0.3, 0.4) is 0 Å². The van der Waals surface area contributed by atoms with E-state index in [-0.39, 0.29) is 6.03 Å². The minimum absolute atomic E-state index is 0.188. The molecule has 1 aromatic heterocycles. The van der Waals surface area contributed by atoms with E-state index >= 15 is 0 Å². The van der Waals surface area contributed by atoms with Crippen LogP contribution in [0.5, 0.6) is 0 Å². The van der Waals surface area contributed by atoms with E-state index in [2.05, 4.69) is 27.9 Å². The van der Waals surface area contributed by atoms with Crippen molar-refractivity contribution in [2.45, 2.75) is 13.3 Å². The van der Waals surface area contributed by atoms with Crippen molar-refractivity contribution in [1.29, 1.82) is 0 Å². The molecule has 0 saturated carbocycles. The predicted molar refractivity (Wildman–Crippen MR) is 86.0 cm³/mol. The Morgan fingerprint density at radius 3 is 3.10 bits per heavy atom. The third kappa shape index (κ3) is 5.11. The van der Waals surface area contributed by atoms with Crippen molar-refractivity contribution in [3.63, 3.8) is 0 Å². The van der Waals surface area contributed by atoms with Crippen molar-refractivity contribution in [3.05, 3.63) is 36.7 Å². The number of benzene rings is 1. The number of hydrogen-bond acceptors (Lipinski definition) is 4. The lowest BCUT2D eigenvalue weighted by Gasteiger charge is -2.08. The van der Waals surface area contributed by atoms with Crippen LogP contribution in [0.15, 0.2) is 36.7 Å². The number of anilines is 1. The number of amides is 2. The molecular weight excluding hydrogens is 286 g/mol. The Morgan fingerprint density at radius 1 is 1.43 bits per heavy atom. The van der Waals surface area contributed by atoms with Gasteiger partial charge in [0.1, 0.15) is 0 Å². The van der Waals surface area contributed by atoms with Gasteiger partial charge >= 0.3 is 6.03 Å². The van der Waals surface area contributed by atoms with Crippen molar-refractivity contribution < 1.29 is 4.79 Å². The first-order chi connectivity index (χ1) is 10.3. The number of rotatable bonds is 7. The van der Waals surface area contributed by atoms with E-state index < -0.39 is 0 Å². The Hall–Kier alpha value is -2.02. The summed E-state index contributed by atoms with van der Waals surface area (Å²) in [5.41, 5.74) is 1.58. The highest BCUT2D eigenvalue weighted by molar-refractivity contribution is 7.99. The maximum absolute atomic E-state index is 11.8. The molecule has 0 aliphatic heterocycles. The molecule has 2 N–H and O–H groups in total. The molecule has 2 aromatic rings. The monoisotopic (exact) mass is 305 g/mol. The second-order valence-electron chi connectivity index (χ2n) is 4.33. The number of hydrogen-bond donors (Lipinski definition) is 2. The van der Waals surface area contributed by atoms with Crippen LogP contribution in [0.2, 0.25) is 0 Å². The van der Waals surface area contributed by atoms with Gasteiger partial charge in [0, 0.05) is 12.2 Å². The highest BCUT2D eigenvalue weighted by Gasteiger charge is 2.03. The van der Waals surface area contributed by atoms with E-state index in [1.54, 1.807) is 17.1 Å². The van der Waals surface area contributed by atoms with Gasteiger partial charge in [-0.15, -0.1) is 5.10 Å². The predicted octanol–water partition coefficient (Wildman–Crippen LogP) is 2.53. The smallest absolute Gasteiger partial charge is 0.319 e. The summed E-state index contributed by atoms with van der Waals surface area (Å²) in [6, 6.07) is 7.27. The Bertz CT molecular complexity index is 558. The lowest BCUT2D eigenvalue weighted by Crippen LogP contribution is -2.29. The molecule has 0 fully saturated rings. The molecule has 2 amide bonds. The number of nitrogens with one attached hydrogen (secondary N) is 2. The molecule has 7 heteroatoms.